The molecule has 0 radical (unpaired) electrons. The van der Waals surface area contributed by atoms with Crippen LogP contribution in [0.15, 0.2) is 0 Å². The lowest BCUT2D eigenvalue weighted by Gasteiger charge is -2.32. The molecule has 0 aromatic rings. The van der Waals surface area contributed by atoms with Crippen molar-refractivity contribution in [3.05, 3.63) is 0 Å². The third-order valence-corrected chi connectivity index (χ3v) is 3.61. The molecule has 0 spiro atoms. The Labute approximate surface area is 114 Å². The molecule has 0 aromatic carbocycles. The zero-order chi connectivity index (χ0) is 14.3. The van der Waals surface area contributed by atoms with Crippen molar-refractivity contribution in [2.24, 2.45) is 11.7 Å². The predicted octanol–water partition coefficient (Wildman–Crippen LogP) is -0.275. The van der Waals surface area contributed by atoms with Gasteiger partial charge in [0.25, 0.3) is 0 Å². The molecule has 1 rings (SSSR count). The standard InChI is InChI=1S/C13H25N3O3/c1-10(17)15-9-11-3-5-16(6-4-11)13(18)7-12(8-14)19-2/h11-12H,3-9,14H2,1-2H3,(H,15,17). The molecule has 1 fully saturated rings. The smallest absolute Gasteiger partial charge is 0.225 e. The van der Waals surface area contributed by atoms with Gasteiger partial charge in [-0.25, -0.2) is 0 Å². The van der Waals surface area contributed by atoms with E-state index in [4.69, 9.17) is 10.5 Å². The highest BCUT2D eigenvalue weighted by atomic mass is 16.5. The topological polar surface area (TPSA) is 84.7 Å². The third-order valence-electron chi connectivity index (χ3n) is 3.61. The van der Waals surface area contributed by atoms with E-state index in [9.17, 15) is 9.59 Å². The molecule has 0 aromatic heterocycles. The molecule has 3 N–H and O–H groups in total. The van der Waals surface area contributed by atoms with Gasteiger partial charge in [-0.3, -0.25) is 9.59 Å². The summed E-state index contributed by atoms with van der Waals surface area (Å²) in [5.74, 6) is 0.584. The van der Waals surface area contributed by atoms with Crippen molar-refractivity contribution < 1.29 is 14.3 Å². The maximum Gasteiger partial charge on any atom is 0.225 e. The molecule has 2 amide bonds. The maximum absolute atomic E-state index is 12.0. The van der Waals surface area contributed by atoms with Crippen LogP contribution in [0, 0.1) is 5.92 Å². The van der Waals surface area contributed by atoms with E-state index < -0.39 is 0 Å². The average molecular weight is 271 g/mol. The van der Waals surface area contributed by atoms with E-state index in [2.05, 4.69) is 5.32 Å². The summed E-state index contributed by atoms with van der Waals surface area (Å²) in [5, 5.41) is 2.83. The highest BCUT2D eigenvalue weighted by molar-refractivity contribution is 5.76. The van der Waals surface area contributed by atoms with E-state index >= 15 is 0 Å². The molecule has 110 valence electrons. The number of carbonyl (C=O) groups excluding carboxylic acids is 2. The molecule has 0 aliphatic carbocycles. The molecular weight excluding hydrogens is 246 g/mol. The van der Waals surface area contributed by atoms with Crippen LogP contribution in [0.3, 0.4) is 0 Å². The molecule has 1 heterocycles. The zero-order valence-corrected chi connectivity index (χ0v) is 11.9. The highest BCUT2D eigenvalue weighted by Gasteiger charge is 2.24. The van der Waals surface area contributed by atoms with Gasteiger partial charge in [0.1, 0.15) is 0 Å². The van der Waals surface area contributed by atoms with E-state index in [-0.39, 0.29) is 17.9 Å². The number of ether oxygens (including phenoxy) is 1. The maximum atomic E-state index is 12.0. The van der Waals surface area contributed by atoms with Gasteiger partial charge in [0.2, 0.25) is 11.8 Å². The normalized spacial score (nSPS) is 18.2. The van der Waals surface area contributed by atoms with Crippen molar-refractivity contribution in [2.45, 2.75) is 32.3 Å². The minimum Gasteiger partial charge on any atom is -0.380 e. The van der Waals surface area contributed by atoms with Crippen LogP contribution in [0.1, 0.15) is 26.2 Å². The molecule has 1 aliphatic heterocycles. The van der Waals surface area contributed by atoms with E-state index in [0.717, 1.165) is 25.9 Å². The summed E-state index contributed by atoms with van der Waals surface area (Å²) >= 11 is 0. The number of methoxy groups -OCH3 is 1. The number of nitrogens with zero attached hydrogens (tertiary/aromatic N) is 1. The first-order valence-corrected chi connectivity index (χ1v) is 6.81. The monoisotopic (exact) mass is 271 g/mol. The lowest BCUT2D eigenvalue weighted by molar-refractivity contribution is -0.135. The number of hydrogen-bond acceptors (Lipinski definition) is 4. The fourth-order valence-electron chi connectivity index (χ4n) is 2.26. The molecule has 6 nitrogen and oxygen atoms in total. The largest absolute Gasteiger partial charge is 0.380 e. The van der Waals surface area contributed by atoms with Gasteiger partial charge in [0.05, 0.1) is 12.5 Å². The second-order valence-corrected chi connectivity index (χ2v) is 5.06. The number of nitrogens with two attached hydrogens (primary N) is 1. The predicted molar refractivity (Wildman–Crippen MR) is 72.5 cm³/mol. The van der Waals surface area contributed by atoms with Gasteiger partial charge in [0, 0.05) is 40.2 Å². The molecule has 19 heavy (non-hydrogen) atoms. The number of amides is 2. The van der Waals surface area contributed by atoms with Crippen molar-refractivity contribution in [3.8, 4) is 0 Å². The molecule has 1 atom stereocenters. The summed E-state index contributed by atoms with van der Waals surface area (Å²) in [5.41, 5.74) is 5.52. The second-order valence-electron chi connectivity index (χ2n) is 5.06. The SMILES string of the molecule is COC(CN)CC(=O)N1CCC(CNC(C)=O)CC1. The van der Waals surface area contributed by atoms with Gasteiger partial charge in [-0.1, -0.05) is 0 Å². The van der Waals surface area contributed by atoms with Gasteiger partial charge in [-0.15, -0.1) is 0 Å². The fraction of sp³-hybridized carbons (Fsp3) is 0.846. The zero-order valence-electron chi connectivity index (χ0n) is 11.9. The fourth-order valence-corrected chi connectivity index (χ4v) is 2.26. The van der Waals surface area contributed by atoms with Gasteiger partial charge in [-0.2, -0.15) is 0 Å². The van der Waals surface area contributed by atoms with Crippen LogP contribution in [0.25, 0.3) is 0 Å². The van der Waals surface area contributed by atoms with Gasteiger partial charge < -0.3 is 20.7 Å². The highest BCUT2D eigenvalue weighted by Crippen LogP contribution is 2.17. The minimum absolute atomic E-state index is 0.00406. The van der Waals surface area contributed by atoms with Crippen molar-refractivity contribution in [3.63, 3.8) is 0 Å². The van der Waals surface area contributed by atoms with Crippen molar-refractivity contribution in [2.75, 3.05) is 33.3 Å². The van der Waals surface area contributed by atoms with Gasteiger partial charge >= 0.3 is 0 Å². The Morgan fingerprint density at radius 3 is 2.53 bits per heavy atom. The molecule has 1 aliphatic rings. The number of carbonyl (C=O) groups is 2. The first-order chi connectivity index (χ1) is 9.06. The third kappa shape index (κ3) is 5.57. The summed E-state index contributed by atoms with van der Waals surface area (Å²) in [6.45, 7) is 4.10. The summed E-state index contributed by atoms with van der Waals surface area (Å²) in [7, 11) is 1.57. The van der Waals surface area contributed by atoms with Crippen LogP contribution in [-0.2, 0) is 14.3 Å². The number of likely N-dealkylation sites (tertiary alicyclic amines) is 1. The van der Waals surface area contributed by atoms with Crippen LogP contribution in [0.5, 0.6) is 0 Å². The van der Waals surface area contributed by atoms with Crippen LogP contribution in [0.4, 0.5) is 0 Å². The van der Waals surface area contributed by atoms with E-state index in [1.807, 2.05) is 4.90 Å². The number of nitrogens with one attached hydrogen (secondary N) is 1. The molecule has 0 bridgehead atoms. The lowest BCUT2D eigenvalue weighted by Crippen LogP contribution is -2.43. The number of hydrogen-bond donors (Lipinski definition) is 2. The summed E-state index contributed by atoms with van der Waals surface area (Å²) < 4.78 is 5.13. The molecular formula is C13H25N3O3. The Balaban J connectivity index is 2.28. The lowest BCUT2D eigenvalue weighted by atomic mass is 9.96. The van der Waals surface area contributed by atoms with Crippen LogP contribution in [0.2, 0.25) is 0 Å². The quantitative estimate of drug-likeness (QED) is 0.696. The number of piperidine rings is 1. The summed E-state index contributed by atoms with van der Waals surface area (Å²) in [4.78, 5) is 24.7. The van der Waals surface area contributed by atoms with Gasteiger partial charge in [-0.05, 0) is 18.8 Å². The first kappa shape index (κ1) is 15.9. The van der Waals surface area contributed by atoms with Crippen LogP contribution in [-0.4, -0.2) is 56.1 Å². The van der Waals surface area contributed by atoms with Crippen molar-refractivity contribution >= 4 is 11.8 Å². The Kier molecular flexibility index (Phi) is 6.80. The van der Waals surface area contributed by atoms with E-state index in [1.54, 1.807) is 7.11 Å². The van der Waals surface area contributed by atoms with E-state index in [0.29, 0.717) is 25.4 Å². The van der Waals surface area contributed by atoms with Crippen LogP contribution < -0.4 is 11.1 Å². The Morgan fingerprint density at radius 1 is 1.42 bits per heavy atom. The first-order valence-electron chi connectivity index (χ1n) is 6.81. The average Bonchev–Trinajstić information content (AvgIpc) is 2.42. The molecule has 1 unspecified atom stereocenters. The molecule has 6 heteroatoms. The van der Waals surface area contributed by atoms with Crippen molar-refractivity contribution in [1.82, 2.24) is 10.2 Å². The molecule has 1 saturated heterocycles. The Hall–Kier alpha value is -1.14. The van der Waals surface area contributed by atoms with Gasteiger partial charge in [0.15, 0.2) is 0 Å². The summed E-state index contributed by atoms with van der Waals surface area (Å²) in [6, 6.07) is 0. The van der Waals surface area contributed by atoms with Crippen molar-refractivity contribution in [1.29, 1.82) is 0 Å². The minimum atomic E-state index is -0.190. The van der Waals surface area contributed by atoms with Crippen LogP contribution >= 0.6 is 0 Å². The molecule has 0 saturated carbocycles. The Bertz CT molecular complexity index is 298. The van der Waals surface area contributed by atoms with E-state index in [1.165, 1.54) is 6.92 Å². The number of rotatable bonds is 6. The second kappa shape index (κ2) is 8.12. The summed E-state index contributed by atoms with van der Waals surface area (Å²) in [6.07, 6.45) is 2.03. The Morgan fingerprint density at radius 2 is 2.05 bits per heavy atom.